The molecule has 0 saturated carbocycles. The largest absolute Gasteiger partial charge is 0.372 e. The van der Waals surface area contributed by atoms with Gasteiger partial charge in [-0.3, -0.25) is 4.90 Å². The quantitative estimate of drug-likeness (QED) is 0.899. The molecule has 1 fully saturated rings. The second-order valence-electron chi connectivity index (χ2n) is 5.14. The summed E-state index contributed by atoms with van der Waals surface area (Å²) in [5.74, 6) is 0. The van der Waals surface area contributed by atoms with Crippen LogP contribution >= 0.6 is 11.6 Å². The average Bonchev–Trinajstić information content (AvgIpc) is 2.76. The molecule has 1 aromatic rings. The minimum absolute atomic E-state index is 0.194. The van der Waals surface area contributed by atoms with E-state index in [-0.39, 0.29) is 6.03 Å². The number of fused-ring (bicyclic) bond motifs is 1. The van der Waals surface area contributed by atoms with Gasteiger partial charge in [0.1, 0.15) is 6.23 Å². The van der Waals surface area contributed by atoms with Crippen molar-refractivity contribution in [3.05, 3.63) is 40.4 Å². The number of rotatable bonds is 3. The summed E-state index contributed by atoms with van der Waals surface area (Å²) in [6.45, 7) is 0.824. The molecule has 2 aliphatic rings. The van der Waals surface area contributed by atoms with Gasteiger partial charge in [0.15, 0.2) is 0 Å². The maximum atomic E-state index is 11.6. The Balaban J connectivity index is 1.74. The maximum Gasteiger partial charge on any atom is 0.319 e. The van der Waals surface area contributed by atoms with E-state index in [0.29, 0.717) is 13.1 Å². The predicted molar refractivity (Wildman–Crippen MR) is 78.5 cm³/mol. The zero-order valence-electron chi connectivity index (χ0n) is 11.1. The summed E-state index contributed by atoms with van der Waals surface area (Å²) in [7, 11) is 0. The Morgan fingerprint density at radius 3 is 3.05 bits per heavy atom. The molecule has 2 amide bonds. The number of carbonyl (C=O) groups is 1. The van der Waals surface area contributed by atoms with Crippen LogP contribution in [0.1, 0.15) is 24.0 Å². The Labute approximate surface area is 123 Å². The van der Waals surface area contributed by atoms with Crippen LogP contribution in [0.5, 0.6) is 0 Å². The van der Waals surface area contributed by atoms with E-state index < -0.39 is 6.23 Å². The number of carbonyl (C=O) groups excluding carboxylic acids is 1. The number of amides is 2. The SMILES string of the molecule is O=C1NCC(O)N1CCC1=CCCc2c(Cl)cccc21. The number of allylic oxidation sites excluding steroid dienone is 1. The molecule has 1 atom stereocenters. The lowest BCUT2D eigenvalue weighted by Gasteiger charge is -2.23. The fourth-order valence-electron chi connectivity index (χ4n) is 2.87. The summed E-state index contributed by atoms with van der Waals surface area (Å²) >= 11 is 6.24. The van der Waals surface area contributed by atoms with Crippen molar-refractivity contribution in [2.24, 2.45) is 0 Å². The second kappa shape index (κ2) is 5.46. The molecular weight excluding hydrogens is 276 g/mol. The van der Waals surface area contributed by atoms with Crippen molar-refractivity contribution < 1.29 is 9.90 Å². The van der Waals surface area contributed by atoms with Crippen LogP contribution in [-0.4, -0.2) is 35.4 Å². The van der Waals surface area contributed by atoms with E-state index in [4.69, 9.17) is 11.6 Å². The summed E-state index contributed by atoms with van der Waals surface area (Å²) in [5, 5.41) is 13.2. The zero-order valence-corrected chi connectivity index (χ0v) is 11.9. The van der Waals surface area contributed by atoms with Gasteiger partial charge in [-0.25, -0.2) is 4.79 Å². The Morgan fingerprint density at radius 2 is 2.30 bits per heavy atom. The number of β-amino-alcohol motifs (C(OH)–C–C–N with tert-alkyl or cyclic N) is 1. The molecule has 0 bridgehead atoms. The third-order valence-electron chi connectivity index (χ3n) is 3.93. The number of halogens is 1. The summed E-state index contributed by atoms with van der Waals surface area (Å²) in [4.78, 5) is 13.0. The number of nitrogens with one attached hydrogen (secondary N) is 1. The fraction of sp³-hybridized carbons (Fsp3) is 0.400. The van der Waals surface area contributed by atoms with Crippen molar-refractivity contribution in [1.29, 1.82) is 0 Å². The third-order valence-corrected chi connectivity index (χ3v) is 4.28. The van der Waals surface area contributed by atoms with Gasteiger partial charge in [0.25, 0.3) is 0 Å². The number of urea groups is 1. The minimum Gasteiger partial charge on any atom is -0.372 e. The highest BCUT2D eigenvalue weighted by molar-refractivity contribution is 6.31. The smallest absolute Gasteiger partial charge is 0.319 e. The number of hydrogen-bond acceptors (Lipinski definition) is 2. The number of benzene rings is 1. The Bertz CT molecular complexity index is 571. The zero-order chi connectivity index (χ0) is 14.1. The highest BCUT2D eigenvalue weighted by atomic mass is 35.5. The molecule has 1 aliphatic heterocycles. The van der Waals surface area contributed by atoms with E-state index in [9.17, 15) is 9.90 Å². The lowest BCUT2D eigenvalue weighted by molar-refractivity contribution is 0.0663. The molecule has 20 heavy (non-hydrogen) atoms. The standard InChI is InChI=1S/C15H17ClN2O2/c16-13-6-2-4-11-10(3-1-5-12(11)13)7-8-18-14(19)9-17-15(18)20/h2-4,6,14,19H,1,5,7-9H2,(H,17,20). The van der Waals surface area contributed by atoms with Crippen LogP contribution in [0.25, 0.3) is 5.57 Å². The van der Waals surface area contributed by atoms with Gasteiger partial charge in [0, 0.05) is 11.6 Å². The highest BCUT2D eigenvalue weighted by Crippen LogP contribution is 2.33. The van der Waals surface area contributed by atoms with Crippen LogP contribution in [0.2, 0.25) is 5.02 Å². The third kappa shape index (κ3) is 2.41. The molecular formula is C15H17ClN2O2. The van der Waals surface area contributed by atoms with Gasteiger partial charge in [-0.05, 0) is 42.0 Å². The summed E-state index contributed by atoms with van der Waals surface area (Å²) in [6, 6.07) is 5.76. The highest BCUT2D eigenvalue weighted by Gasteiger charge is 2.28. The predicted octanol–water partition coefficient (Wildman–Crippen LogP) is 2.40. The first-order chi connectivity index (χ1) is 9.66. The number of hydrogen-bond donors (Lipinski definition) is 2. The molecule has 1 heterocycles. The summed E-state index contributed by atoms with van der Waals surface area (Å²) < 4.78 is 0. The molecule has 1 aliphatic carbocycles. The van der Waals surface area contributed by atoms with Gasteiger partial charge in [-0.1, -0.05) is 29.8 Å². The lowest BCUT2D eigenvalue weighted by Crippen LogP contribution is -2.35. The molecule has 0 spiro atoms. The van der Waals surface area contributed by atoms with E-state index in [0.717, 1.165) is 24.3 Å². The Kier molecular flexibility index (Phi) is 3.68. The maximum absolute atomic E-state index is 11.6. The fourth-order valence-corrected chi connectivity index (χ4v) is 3.14. The topological polar surface area (TPSA) is 52.6 Å². The van der Waals surface area contributed by atoms with Gasteiger partial charge >= 0.3 is 6.03 Å². The minimum atomic E-state index is -0.717. The first kappa shape index (κ1) is 13.5. The normalized spacial score (nSPS) is 21.5. The van der Waals surface area contributed by atoms with Gasteiger partial charge in [-0.2, -0.15) is 0 Å². The molecule has 2 N–H and O–H groups in total. The van der Waals surface area contributed by atoms with Crippen LogP contribution in [0.3, 0.4) is 0 Å². The molecule has 1 unspecified atom stereocenters. The Hall–Kier alpha value is -1.52. The van der Waals surface area contributed by atoms with Gasteiger partial charge in [0.05, 0.1) is 6.54 Å². The van der Waals surface area contributed by atoms with Crippen LogP contribution in [0, 0.1) is 0 Å². The first-order valence-electron chi connectivity index (χ1n) is 6.86. The van der Waals surface area contributed by atoms with Crippen LogP contribution in [0.4, 0.5) is 4.79 Å². The van der Waals surface area contributed by atoms with Crippen molar-refractivity contribution in [3.8, 4) is 0 Å². The summed E-state index contributed by atoms with van der Waals surface area (Å²) in [5.41, 5.74) is 3.58. The average molecular weight is 293 g/mol. The molecule has 3 rings (SSSR count). The number of aliphatic hydroxyl groups is 1. The van der Waals surface area contributed by atoms with Crippen molar-refractivity contribution >= 4 is 23.2 Å². The molecule has 1 saturated heterocycles. The summed E-state index contributed by atoms with van der Waals surface area (Å²) in [6.07, 6.45) is 4.16. The van der Waals surface area contributed by atoms with Crippen molar-refractivity contribution in [2.75, 3.05) is 13.1 Å². The van der Waals surface area contributed by atoms with Crippen molar-refractivity contribution in [1.82, 2.24) is 10.2 Å². The van der Waals surface area contributed by atoms with E-state index >= 15 is 0 Å². The Morgan fingerprint density at radius 1 is 1.45 bits per heavy atom. The molecule has 1 aromatic carbocycles. The van der Waals surface area contributed by atoms with Gasteiger partial charge in [-0.15, -0.1) is 0 Å². The lowest BCUT2D eigenvalue weighted by atomic mass is 9.89. The second-order valence-corrected chi connectivity index (χ2v) is 5.55. The molecule has 5 heteroatoms. The van der Waals surface area contributed by atoms with Crippen molar-refractivity contribution in [2.45, 2.75) is 25.5 Å². The molecule has 0 aromatic heterocycles. The molecule has 4 nitrogen and oxygen atoms in total. The van der Waals surface area contributed by atoms with Crippen LogP contribution in [-0.2, 0) is 6.42 Å². The first-order valence-corrected chi connectivity index (χ1v) is 7.24. The molecule has 0 radical (unpaired) electrons. The van der Waals surface area contributed by atoms with E-state index in [1.165, 1.54) is 21.6 Å². The van der Waals surface area contributed by atoms with Crippen LogP contribution < -0.4 is 5.32 Å². The van der Waals surface area contributed by atoms with E-state index in [2.05, 4.69) is 17.5 Å². The van der Waals surface area contributed by atoms with E-state index in [1.54, 1.807) is 0 Å². The molecule has 106 valence electrons. The van der Waals surface area contributed by atoms with Gasteiger partial charge in [0.2, 0.25) is 0 Å². The van der Waals surface area contributed by atoms with Gasteiger partial charge < -0.3 is 10.4 Å². The van der Waals surface area contributed by atoms with E-state index in [1.807, 2.05) is 12.1 Å². The van der Waals surface area contributed by atoms with Crippen LogP contribution in [0.15, 0.2) is 24.3 Å². The number of nitrogens with zero attached hydrogens (tertiary/aromatic N) is 1. The van der Waals surface area contributed by atoms with Crippen molar-refractivity contribution in [3.63, 3.8) is 0 Å². The monoisotopic (exact) mass is 292 g/mol. The number of aliphatic hydroxyl groups excluding tert-OH is 1.